The van der Waals surface area contributed by atoms with Gasteiger partial charge in [0.05, 0.1) is 6.10 Å². The van der Waals surface area contributed by atoms with Gasteiger partial charge in [-0.25, -0.2) is 0 Å². The van der Waals surface area contributed by atoms with Crippen LogP contribution < -0.4 is 5.32 Å². The van der Waals surface area contributed by atoms with E-state index in [-0.39, 0.29) is 18.6 Å². The van der Waals surface area contributed by atoms with E-state index in [0.29, 0.717) is 11.8 Å². The Kier molecular flexibility index (Phi) is 2.56. The first-order valence-electron chi connectivity index (χ1n) is 4.36. The average Bonchev–Trinajstić information content (AvgIpc) is 2.58. The highest BCUT2D eigenvalue weighted by molar-refractivity contribution is 8.00. The van der Waals surface area contributed by atoms with Gasteiger partial charge in [-0.3, -0.25) is 4.79 Å². The van der Waals surface area contributed by atoms with Gasteiger partial charge < -0.3 is 10.1 Å². The molecule has 68 valence electrons. The maximum Gasteiger partial charge on any atom is 0.246 e. The standard InChI is InChI=1S/C8H13NO2S/c10-8-5-11-6(4-9-8)7-2-1-3-12-7/h6-7H,1-5H2,(H,9,10). The molecule has 2 aliphatic heterocycles. The molecule has 0 bridgehead atoms. The lowest BCUT2D eigenvalue weighted by atomic mass is 10.1. The van der Waals surface area contributed by atoms with Crippen molar-refractivity contribution in [3.63, 3.8) is 0 Å². The number of rotatable bonds is 1. The number of amides is 1. The molecule has 3 nitrogen and oxygen atoms in total. The summed E-state index contributed by atoms with van der Waals surface area (Å²) in [6.07, 6.45) is 2.80. The van der Waals surface area contributed by atoms with Gasteiger partial charge in [0.15, 0.2) is 0 Å². The lowest BCUT2D eigenvalue weighted by molar-refractivity contribution is -0.133. The van der Waals surface area contributed by atoms with Crippen molar-refractivity contribution in [1.82, 2.24) is 5.32 Å². The number of hydrogen-bond acceptors (Lipinski definition) is 3. The maximum absolute atomic E-state index is 10.8. The molecular weight excluding hydrogens is 174 g/mol. The minimum atomic E-state index is 0.0225. The van der Waals surface area contributed by atoms with Gasteiger partial charge >= 0.3 is 0 Å². The van der Waals surface area contributed by atoms with E-state index in [0.717, 1.165) is 0 Å². The summed E-state index contributed by atoms with van der Waals surface area (Å²) >= 11 is 1.97. The SMILES string of the molecule is O=C1COC(C2CCCS2)CN1. The Labute approximate surface area is 76.2 Å². The highest BCUT2D eigenvalue weighted by Crippen LogP contribution is 2.30. The van der Waals surface area contributed by atoms with Gasteiger partial charge in [-0.15, -0.1) is 0 Å². The van der Waals surface area contributed by atoms with Crippen molar-refractivity contribution in [3.8, 4) is 0 Å². The van der Waals surface area contributed by atoms with Crippen LogP contribution in [0, 0.1) is 0 Å². The summed E-state index contributed by atoms with van der Waals surface area (Å²) in [5.74, 6) is 1.27. The van der Waals surface area contributed by atoms with Crippen molar-refractivity contribution in [2.24, 2.45) is 0 Å². The van der Waals surface area contributed by atoms with Crippen LogP contribution in [0.4, 0.5) is 0 Å². The summed E-state index contributed by atoms with van der Waals surface area (Å²) in [5.41, 5.74) is 0. The minimum Gasteiger partial charge on any atom is -0.365 e. The largest absolute Gasteiger partial charge is 0.365 e. The predicted octanol–water partition coefficient (Wildman–Crippen LogP) is 0.397. The van der Waals surface area contributed by atoms with Gasteiger partial charge in [0.1, 0.15) is 6.61 Å². The van der Waals surface area contributed by atoms with Gasteiger partial charge in [0.2, 0.25) is 5.91 Å². The second kappa shape index (κ2) is 3.66. The highest BCUT2D eigenvalue weighted by atomic mass is 32.2. The van der Waals surface area contributed by atoms with E-state index >= 15 is 0 Å². The van der Waals surface area contributed by atoms with E-state index in [2.05, 4.69) is 5.32 Å². The third-order valence-corrected chi connectivity index (χ3v) is 3.80. The van der Waals surface area contributed by atoms with Crippen molar-refractivity contribution < 1.29 is 9.53 Å². The normalized spacial score (nSPS) is 36.5. The summed E-state index contributed by atoms with van der Waals surface area (Å²) in [7, 11) is 0. The zero-order valence-electron chi connectivity index (χ0n) is 6.91. The molecule has 0 aliphatic carbocycles. The molecule has 2 fully saturated rings. The van der Waals surface area contributed by atoms with Crippen LogP contribution in [0.15, 0.2) is 0 Å². The number of morpholine rings is 1. The number of carbonyl (C=O) groups excluding carboxylic acids is 1. The Morgan fingerprint density at radius 3 is 3.08 bits per heavy atom. The Balaban J connectivity index is 1.84. The first kappa shape index (κ1) is 8.38. The second-order valence-electron chi connectivity index (χ2n) is 3.21. The topological polar surface area (TPSA) is 38.3 Å². The third kappa shape index (κ3) is 1.75. The summed E-state index contributed by atoms with van der Waals surface area (Å²) in [6.45, 7) is 0.957. The molecule has 0 radical (unpaired) electrons. The molecule has 1 N–H and O–H groups in total. The number of thioether (sulfide) groups is 1. The van der Waals surface area contributed by atoms with Crippen molar-refractivity contribution in [3.05, 3.63) is 0 Å². The fourth-order valence-electron chi connectivity index (χ4n) is 1.64. The van der Waals surface area contributed by atoms with Crippen LogP contribution in [-0.2, 0) is 9.53 Å². The quantitative estimate of drug-likeness (QED) is 0.645. The lowest BCUT2D eigenvalue weighted by Crippen LogP contribution is -2.46. The lowest BCUT2D eigenvalue weighted by Gasteiger charge is -2.27. The van der Waals surface area contributed by atoms with Crippen LogP contribution in [0.5, 0.6) is 0 Å². The molecule has 2 saturated heterocycles. The number of ether oxygens (including phenoxy) is 1. The molecule has 12 heavy (non-hydrogen) atoms. The second-order valence-corrected chi connectivity index (χ2v) is 4.55. The molecule has 2 rings (SSSR count). The molecule has 0 aromatic rings. The van der Waals surface area contributed by atoms with Crippen molar-refractivity contribution >= 4 is 17.7 Å². The molecule has 4 heteroatoms. The van der Waals surface area contributed by atoms with Crippen LogP contribution in [-0.4, -0.2) is 36.2 Å². The number of carbonyl (C=O) groups is 1. The maximum atomic E-state index is 10.8. The van der Waals surface area contributed by atoms with Gasteiger partial charge in [0, 0.05) is 11.8 Å². The average molecular weight is 187 g/mol. The zero-order chi connectivity index (χ0) is 8.39. The highest BCUT2D eigenvalue weighted by Gasteiger charge is 2.29. The molecule has 2 heterocycles. The van der Waals surface area contributed by atoms with Crippen LogP contribution in [0.3, 0.4) is 0 Å². The monoisotopic (exact) mass is 187 g/mol. The third-order valence-electron chi connectivity index (χ3n) is 2.31. The Morgan fingerprint density at radius 2 is 2.50 bits per heavy atom. The molecule has 0 aromatic carbocycles. The summed E-state index contributed by atoms with van der Waals surface area (Å²) < 4.78 is 5.44. The summed E-state index contributed by atoms with van der Waals surface area (Å²) in [6, 6.07) is 0. The predicted molar refractivity (Wildman–Crippen MR) is 48.2 cm³/mol. The molecule has 0 spiro atoms. The molecule has 0 aromatic heterocycles. The van der Waals surface area contributed by atoms with Crippen molar-refractivity contribution in [1.29, 1.82) is 0 Å². The van der Waals surface area contributed by atoms with Crippen molar-refractivity contribution in [2.45, 2.75) is 24.2 Å². The van der Waals surface area contributed by atoms with Gasteiger partial charge in [-0.2, -0.15) is 11.8 Å². The molecule has 2 atom stereocenters. The first-order chi connectivity index (χ1) is 5.86. The number of nitrogens with one attached hydrogen (secondary N) is 1. The summed E-state index contributed by atoms with van der Waals surface area (Å²) in [4.78, 5) is 10.8. The summed E-state index contributed by atoms with van der Waals surface area (Å²) in [5, 5.41) is 3.45. The van der Waals surface area contributed by atoms with E-state index in [1.807, 2.05) is 11.8 Å². The van der Waals surface area contributed by atoms with Crippen molar-refractivity contribution in [2.75, 3.05) is 18.9 Å². The molecule has 1 amide bonds. The van der Waals surface area contributed by atoms with E-state index < -0.39 is 0 Å². The fourth-order valence-corrected chi connectivity index (χ4v) is 3.00. The van der Waals surface area contributed by atoms with Crippen LogP contribution >= 0.6 is 11.8 Å². The minimum absolute atomic E-state index is 0.0225. The molecule has 0 saturated carbocycles. The van der Waals surface area contributed by atoms with E-state index in [4.69, 9.17) is 4.74 Å². The van der Waals surface area contributed by atoms with E-state index in [9.17, 15) is 4.79 Å². The Morgan fingerprint density at radius 1 is 1.58 bits per heavy atom. The van der Waals surface area contributed by atoms with Crippen LogP contribution in [0.25, 0.3) is 0 Å². The van der Waals surface area contributed by atoms with E-state index in [1.165, 1.54) is 18.6 Å². The molecule has 2 aliphatic rings. The first-order valence-corrected chi connectivity index (χ1v) is 5.41. The zero-order valence-corrected chi connectivity index (χ0v) is 7.73. The van der Waals surface area contributed by atoms with Gasteiger partial charge in [-0.05, 0) is 18.6 Å². The smallest absolute Gasteiger partial charge is 0.246 e. The van der Waals surface area contributed by atoms with Gasteiger partial charge in [-0.1, -0.05) is 0 Å². The van der Waals surface area contributed by atoms with Crippen LogP contribution in [0.1, 0.15) is 12.8 Å². The number of hydrogen-bond donors (Lipinski definition) is 1. The fraction of sp³-hybridized carbons (Fsp3) is 0.875. The van der Waals surface area contributed by atoms with E-state index in [1.54, 1.807) is 0 Å². The Bertz CT molecular complexity index is 170. The van der Waals surface area contributed by atoms with Crippen LogP contribution in [0.2, 0.25) is 0 Å². The van der Waals surface area contributed by atoms with Gasteiger partial charge in [0.25, 0.3) is 0 Å². The Hall–Kier alpha value is -0.220. The molecule has 2 unspecified atom stereocenters. The molecular formula is C8H13NO2S.